The Kier molecular flexibility index (Phi) is 8.91. The second-order valence-corrected chi connectivity index (χ2v) is 14.0. The summed E-state index contributed by atoms with van der Waals surface area (Å²) in [4.78, 5) is 48.7. The lowest BCUT2D eigenvalue weighted by atomic mass is 9.65. The zero-order chi connectivity index (χ0) is 29.4. The van der Waals surface area contributed by atoms with Crippen LogP contribution in [-0.2, 0) is 20.9 Å². The van der Waals surface area contributed by atoms with Gasteiger partial charge in [-0.15, -0.1) is 24.9 Å². The summed E-state index contributed by atoms with van der Waals surface area (Å²) in [6, 6.07) is 8.58. The van der Waals surface area contributed by atoms with Gasteiger partial charge in [0.05, 0.1) is 29.2 Å². The molecular weight excluding hydrogens is 522 g/mol. The van der Waals surface area contributed by atoms with E-state index in [1.807, 2.05) is 58.0 Å². The van der Waals surface area contributed by atoms with Crippen LogP contribution in [0.4, 0.5) is 0 Å². The maximum Gasteiger partial charge on any atom is 0.247 e. The van der Waals surface area contributed by atoms with Gasteiger partial charge in [0.15, 0.2) is 0 Å². The van der Waals surface area contributed by atoms with Crippen molar-refractivity contribution in [3.63, 3.8) is 0 Å². The number of rotatable bonds is 11. The lowest BCUT2D eigenvalue weighted by molar-refractivity contribution is -0.149. The van der Waals surface area contributed by atoms with E-state index in [-0.39, 0.29) is 35.5 Å². The highest BCUT2D eigenvalue weighted by Crippen LogP contribution is 2.69. The molecule has 3 saturated heterocycles. The number of fused-ring (bicyclic) bond motifs is 1. The first-order chi connectivity index (χ1) is 19.0. The molecule has 3 unspecified atom stereocenters. The fraction of sp³-hybridized carbons (Fsp3) is 0.594. The van der Waals surface area contributed by atoms with E-state index in [1.165, 1.54) is 0 Å². The molecule has 40 heavy (non-hydrogen) atoms. The van der Waals surface area contributed by atoms with Gasteiger partial charge in [0.1, 0.15) is 6.04 Å². The zero-order valence-electron chi connectivity index (χ0n) is 24.6. The smallest absolute Gasteiger partial charge is 0.247 e. The summed E-state index contributed by atoms with van der Waals surface area (Å²) in [6.45, 7) is 18.7. The Hall–Kier alpha value is -2.58. The van der Waals surface area contributed by atoms with Crippen molar-refractivity contribution in [1.82, 2.24) is 14.7 Å². The van der Waals surface area contributed by atoms with E-state index in [1.54, 1.807) is 38.6 Å². The number of hydrogen-bond acceptors (Lipinski definition) is 5. The van der Waals surface area contributed by atoms with Gasteiger partial charge in [-0.3, -0.25) is 14.4 Å². The number of nitrogens with zero attached hydrogens (tertiary/aromatic N) is 3. The molecule has 8 heteroatoms. The molecule has 1 N–H and O–H groups in total. The summed E-state index contributed by atoms with van der Waals surface area (Å²) in [6.07, 6.45) is 4.73. The maximum absolute atomic E-state index is 14.6. The quantitative estimate of drug-likeness (QED) is 0.407. The predicted octanol–water partition coefficient (Wildman–Crippen LogP) is 4.12. The summed E-state index contributed by atoms with van der Waals surface area (Å²) < 4.78 is -0.737. The van der Waals surface area contributed by atoms with Gasteiger partial charge in [-0.1, -0.05) is 56.3 Å². The number of likely N-dealkylation sites (tertiary alicyclic amines) is 1. The van der Waals surface area contributed by atoms with Crippen molar-refractivity contribution < 1.29 is 19.5 Å². The minimum atomic E-state index is -0.758. The minimum Gasteiger partial charge on any atom is -0.394 e. The van der Waals surface area contributed by atoms with Crippen LogP contribution in [0.1, 0.15) is 53.0 Å². The Morgan fingerprint density at radius 1 is 1.18 bits per heavy atom. The molecule has 1 spiro atoms. The van der Waals surface area contributed by atoms with Gasteiger partial charge < -0.3 is 19.8 Å². The third-order valence-electron chi connectivity index (χ3n) is 9.04. The summed E-state index contributed by atoms with van der Waals surface area (Å²) in [7, 11) is 0. The van der Waals surface area contributed by atoms with E-state index in [4.69, 9.17) is 0 Å². The van der Waals surface area contributed by atoms with Gasteiger partial charge in [-0.25, -0.2) is 0 Å². The molecule has 3 fully saturated rings. The van der Waals surface area contributed by atoms with Gasteiger partial charge in [0.25, 0.3) is 0 Å². The lowest BCUT2D eigenvalue weighted by Crippen LogP contribution is -2.62. The number of aliphatic hydroxyl groups excluding tert-OH is 1. The van der Waals surface area contributed by atoms with Crippen LogP contribution in [0.25, 0.3) is 0 Å². The molecule has 3 amide bonds. The second kappa shape index (κ2) is 11.7. The van der Waals surface area contributed by atoms with Gasteiger partial charge in [0, 0.05) is 30.4 Å². The molecule has 3 aliphatic heterocycles. The number of benzene rings is 1. The molecule has 0 radical (unpaired) electrons. The minimum absolute atomic E-state index is 0.0475. The van der Waals surface area contributed by atoms with Gasteiger partial charge >= 0.3 is 0 Å². The molecule has 7 atom stereocenters. The van der Waals surface area contributed by atoms with Crippen molar-refractivity contribution in [2.45, 2.75) is 81.6 Å². The Labute approximate surface area is 243 Å². The van der Waals surface area contributed by atoms with Crippen LogP contribution in [0.3, 0.4) is 0 Å². The number of hydrogen-bond donors (Lipinski definition) is 1. The van der Waals surface area contributed by atoms with Crippen LogP contribution in [0, 0.1) is 17.8 Å². The largest absolute Gasteiger partial charge is 0.394 e. The molecule has 2 bridgehead atoms. The van der Waals surface area contributed by atoms with Crippen molar-refractivity contribution >= 4 is 29.5 Å². The molecular formula is C32H45N3O4S. The Morgan fingerprint density at radius 2 is 1.82 bits per heavy atom. The molecule has 0 saturated carbocycles. The topological polar surface area (TPSA) is 81.2 Å². The fourth-order valence-corrected chi connectivity index (χ4v) is 9.60. The standard InChI is InChI=1S/C32H45N3O4S/c1-8-16-33(19-22-14-12-11-13-15-22)28(37)25-24-18-21(4)32(40-24)26(25)29(38)35(23(10-3)20-36)27(32)30(39)34(17-9-2)31(5,6)7/h8-9,11-15,21,23-27,36H,1-2,10,16-20H2,3-7H3/t21?,23-,24+,25-,26-,27?,32?/m0/s1. The van der Waals surface area contributed by atoms with Crippen molar-refractivity contribution in [2.75, 3.05) is 19.7 Å². The molecule has 218 valence electrons. The molecule has 0 aromatic heterocycles. The molecule has 3 heterocycles. The summed E-state index contributed by atoms with van der Waals surface area (Å²) in [5, 5.41) is 10.3. The SMILES string of the molecule is C=CCN(Cc1ccccc1)C(=O)[C@@H]1[C@H]2C(=O)N([C@@H](CC)CO)C(C(=O)N(CC=C)C(C)(C)C)C23S[C@@H]1CC3C. The average molecular weight is 568 g/mol. The maximum atomic E-state index is 14.6. The fourth-order valence-electron chi connectivity index (χ4n) is 7.20. The normalized spacial score (nSPS) is 29.7. The highest BCUT2D eigenvalue weighted by Gasteiger charge is 2.77. The molecule has 3 aliphatic rings. The van der Waals surface area contributed by atoms with Crippen LogP contribution in [-0.4, -0.2) is 84.8 Å². The number of carbonyl (C=O) groups excluding carboxylic acids is 3. The predicted molar refractivity (Wildman–Crippen MR) is 160 cm³/mol. The van der Waals surface area contributed by atoms with Crippen LogP contribution >= 0.6 is 11.8 Å². The van der Waals surface area contributed by atoms with Crippen molar-refractivity contribution in [3.05, 3.63) is 61.2 Å². The first kappa shape index (κ1) is 30.4. The molecule has 0 aliphatic carbocycles. The molecule has 7 nitrogen and oxygen atoms in total. The van der Waals surface area contributed by atoms with Gasteiger partial charge in [-0.2, -0.15) is 0 Å². The van der Waals surface area contributed by atoms with Crippen LogP contribution in [0.2, 0.25) is 0 Å². The average Bonchev–Trinajstić information content (AvgIpc) is 3.51. The Balaban J connectivity index is 1.80. The number of aliphatic hydroxyl groups is 1. The Morgan fingerprint density at radius 3 is 2.38 bits per heavy atom. The number of thioether (sulfide) groups is 1. The zero-order valence-corrected chi connectivity index (χ0v) is 25.4. The second-order valence-electron chi connectivity index (χ2n) is 12.4. The van der Waals surface area contributed by atoms with E-state index >= 15 is 0 Å². The first-order valence-corrected chi connectivity index (χ1v) is 15.3. The van der Waals surface area contributed by atoms with Crippen LogP contribution in [0.5, 0.6) is 0 Å². The van der Waals surface area contributed by atoms with E-state index in [0.717, 1.165) is 12.0 Å². The third-order valence-corrected chi connectivity index (χ3v) is 11.1. The highest BCUT2D eigenvalue weighted by atomic mass is 32.2. The molecule has 4 rings (SSSR count). The lowest BCUT2D eigenvalue weighted by Gasteiger charge is -2.45. The monoisotopic (exact) mass is 567 g/mol. The van der Waals surface area contributed by atoms with Gasteiger partial charge in [0.2, 0.25) is 17.7 Å². The van der Waals surface area contributed by atoms with Crippen molar-refractivity contribution in [1.29, 1.82) is 0 Å². The summed E-state index contributed by atoms with van der Waals surface area (Å²) in [5.41, 5.74) is 0.520. The molecule has 1 aromatic carbocycles. The number of amides is 3. The van der Waals surface area contributed by atoms with Crippen LogP contribution < -0.4 is 0 Å². The summed E-state index contributed by atoms with van der Waals surface area (Å²) >= 11 is 1.67. The van der Waals surface area contributed by atoms with E-state index in [9.17, 15) is 19.5 Å². The molecule has 1 aromatic rings. The highest BCUT2D eigenvalue weighted by molar-refractivity contribution is 8.02. The summed E-state index contributed by atoms with van der Waals surface area (Å²) in [5.74, 6) is -1.46. The third kappa shape index (κ3) is 4.91. The Bertz CT molecular complexity index is 1130. The number of carbonyl (C=O) groups is 3. The first-order valence-electron chi connectivity index (χ1n) is 14.4. The van der Waals surface area contributed by atoms with E-state index in [2.05, 4.69) is 20.1 Å². The van der Waals surface area contributed by atoms with E-state index < -0.39 is 34.2 Å². The van der Waals surface area contributed by atoms with Gasteiger partial charge in [-0.05, 0) is 45.1 Å². The van der Waals surface area contributed by atoms with Crippen molar-refractivity contribution in [3.8, 4) is 0 Å². The van der Waals surface area contributed by atoms with Crippen molar-refractivity contribution in [2.24, 2.45) is 17.8 Å². The van der Waals surface area contributed by atoms with E-state index in [0.29, 0.717) is 26.1 Å². The van der Waals surface area contributed by atoms with Crippen LogP contribution in [0.15, 0.2) is 55.6 Å².